The van der Waals surface area contributed by atoms with Gasteiger partial charge in [-0.15, -0.1) is 22.7 Å². The molecule has 0 bridgehead atoms. The van der Waals surface area contributed by atoms with Gasteiger partial charge in [-0.05, 0) is 18.4 Å². The van der Waals surface area contributed by atoms with Gasteiger partial charge >= 0.3 is 0 Å². The fourth-order valence-electron chi connectivity index (χ4n) is 2.80. The highest BCUT2D eigenvalue weighted by atomic mass is 32.2. The molecule has 0 aromatic carbocycles. The molecule has 0 N–H and O–H groups in total. The molecule has 1 aliphatic rings. The van der Waals surface area contributed by atoms with Gasteiger partial charge in [0.2, 0.25) is 5.91 Å². The highest BCUT2D eigenvalue weighted by Crippen LogP contribution is 2.20. The van der Waals surface area contributed by atoms with Crippen LogP contribution in [-0.4, -0.2) is 73.2 Å². The second-order valence-electron chi connectivity index (χ2n) is 6.21. The Morgan fingerprint density at radius 3 is 2.58 bits per heavy atom. The Morgan fingerprint density at radius 2 is 2.00 bits per heavy atom. The number of piperazine rings is 1. The van der Waals surface area contributed by atoms with Crippen molar-refractivity contribution in [2.24, 2.45) is 0 Å². The van der Waals surface area contributed by atoms with Crippen LogP contribution in [0.5, 0.6) is 0 Å². The maximum absolute atomic E-state index is 12.5. The number of sulfonamides is 1. The molecule has 0 radical (unpaired) electrons. The third-order valence-electron chi connectivity index (χ3n) is 4.29. The van der Waals surface area contributed by atoms with Crippen molar-refractivity contribution in [1.82, 2.24) is 19.1 Å². The molecule has 3 rings (SSSR count). The molecular weight excluding hydrogens is 392 g/mol. The second-order valence-corrected chi connectivity index (χ2v) is 10.5. The molecule has 1 saturated heterocycles. The lowest BCUT2D eigenvalue weighted by Crippen LogP contribution is -2.51. The van der Waals surface area contributed by atoms with Gasteiger partial charge in [-0.2, -0.15) is 4.31 Å². The van der Waals surface area contributed by atoms with Gasteiger partial charge in [-0.25, -0.2) is 13.4 Å². The third-order valence-corrected chi connectivity index (χ3v) is 8.29. The average molecular weight is 415 g/mol. The van der Waals surface area contributed by atoms with E-state index in [9.17, 15) is 13.2 Å². The molecule has 26 heavy (non-hydrogen) atoms. The van der Waals surface area contributed by atoms with E-state index in [0.29, 0.717) is 13.1 Å². The third kappa shape index (κ3) is 4.49. The number of aryl methyl sites for hydroxylation is 1. The minimum Gasteiger partial charge on any atom is -0.339 e. The standard InChI is InChI=1S/C16H22N4O3S3/c1-13-17-14(12-25-13)10-19-5-7-20(8-6-19)15(21)11-18(2)26(22,23)16-4-3-9-24-16/h3-4,9,12H,5-8,10-11H2,1-2H3. The highest BCUT2D eigenvalue weighted by molar-refractivity contribution is 7.91. The number of amides is 1. The molecule has 10 heteroatoms. The minimum atomic E-state index is -3.59. The van der Waals surface area contributed by atoms with Gasteiger partial charge in [0.25, 0.3) is 10.0 Å². The van der Waals surface area contributed by atoms with Crippen LogP contribution < -0.4 is 0 Å². The molecule has 0 atom stereocenters. The first-order chi connectivity index (χ1) is 12.4. The zero-order valence-electron chi connectivity index (χ0n) is 14.8. The largest absolute Gasteiger partial charge is 0.339 e. The van der Waals surface area contributed by atoms with Gasteiger partial charge in [-0.1, -0.05) is 6.07 Å². The predicted octanol–water partition coefficient (Wildman–Crippen LogP) is 1.48. The number of nitrogens with zero attached hydrogens (tertiary/aromatic N) is 4. The van der Waals surface area contributed by atoms with E-state index in [4.69, 9.17) is 0 Å². The van der Waals surface area contributed by atoms with Gasteiger partial charge in [0.15, 0.2) is 0 Å². The zero-order chi connectivity index (χ0) is 18.7. The van der Waals surface area contributed by atoms with E-state index < -0.39 is 10.0 Å². The summed E-state index contributed by atoms with van der Waals surface area (Å²) in [5, 5.41) is 4.84. The number of rotatable bonds is 6. The van der Waals surface area contributed by atoms with E-state index in [1.54, 1.807) is 33.7 Å². The number of likely N-dealkylation sites (N-methyl/N-ethyl adjacent to an activating group) is 1. The first kappa shape index (κ1) is 19.4. The number of hydrogen-bond acceptors (Lipinski definition) is 7. The van der Waals surface area contributed by atoms with Crippen LogP contribution in [-0.2, 0) is 21.4 Å². The number of thiazole rings is 1. The van der Waals surface area contributed by atoms with E-state index in [-0.39, 0.29) is 16.7 Å². The normalized spacial score (nSPS) is 16.3. The maximum Gasteiger partial charge on any atom is 0.252 e. The molecule has 0 unspecified atom stereocenters. The van der Waals surface area contributed by atoms with Crippen LogP contribution in [0.1, 0.15) is 10.7 Å². The molecule has 2 aromatic rings. The molecule has 0 aliphatic carbocycles. The molecule has 7 nitrogen and oxygen atoms in total. The summed E-state index contributed by atoms with van der Waals surface area (Å²) >= 11 is 2.80. The topological polar surface area (TPSA) is 73.8 Å². The van der Waals surface area contributed by atoms with Crippen LogP contribution in [0.2, 0.25) is 0 Å². The molecule has 0 saturated carbocycles. The Bertz CT molecular complexity index is 840. The Morgan fingerprint density at radius 1 is 1.27 bits per heavy atom. The Kier molecular flexibility index (Phi) is 6.08. The SMILES string of the molecule is Cc1nc(CN2CCN(C(=O)CN(C)S(=O)(=O)c3cccs3)CC2)cs1. The summed E-state index contributed by atoms with van der Waals surface area (Å²) in [6.45, 7) is 5.40. The van der Waals surface area contributed by atoms with Crippen molar-refractivity contribution in [2.45, 2.75) is 17.7 Å². The van der Waals surface area contributed by atoms with Crippen LogP contribution in [0.3, 0.4) is 0 Å². The van der Waals surface area contributed by atoms with E-state index in [0.717, 1.165) is 46.0 Å². The second kappa shape index (κ2) is 8.13. The lowest BCUT2D eigenvalue weighted by atomic mass is 10.3. The van der Waals surface area contributed by atoms with Gasteiger partial charge in [0, 0.05) is 45.2 Å². The number of thiophene rings is 1. The van der Waals surface area contributed by atoms with E-state index in [1.165, 1.54) is 7.05 Å². The van der Waals surface area contributed by atoms with Crippen molar-refractivity contribution in [3.63, 3.8) is 0 Å². The zero-order valence-corrected chi connectivity index (χ0v) is 17.2. The summed E-state index contributed by atoms with van der Waals surface area (Å²) in [7, 11) is -2.14. The van der Waals surface area contributed by atoms with Gasteiger partial charge in [0.1, 0.15) is 4.21 Å². The summed E-state index contributed by atoms with van der Waals surface area (Å²) in [4.78, 5) is 21.0. The molecule has 1 amide bonds. The van der Waals surface area contributed by atoms with Crippen molar-refractivity contribution >= 4 is 38.6 Å². The van der Waals surface area contributed by atoms with Gasteiger partial charge in [-0.3, -0.25) is 9.69 Å². The Balaban J connectivity index is 1.50. The first-order valence-electron chi connectivity index (χ1n) is 8.27. The van der Waals surface area contributed by atoms with Gasteiger partial charge in [0.05, 0.1) is 17.2 Å². The van der Waals surface area contributed by atoms with Crippen molar-refractivity contribution in [3.05, 3.63) is 33.6 Å². The molecule has 1 fully saturated rings. The van der Waals surface area contributed by atoms with Crippen LogP contribution in [0.15, 0.2) is 27.1 Å². The van der Waals surface area contributed by atoms with Crippen molar-refractivity contribution in [3.8, 4) is 0 Å². The fourth-order valence-corrected chi connectivity index (χ4v) is 5.73. The average Bonchev–Trinajstić information content (AvgIpc) is 3.27. The maximum atomic E-state index is 12.5. The lowest BCUT2D eigenvalue weighted by Gasteiger charge is -2.35. The monoisotopic (exact) mass is 414 g/mol. The summed E-state index contributed by atoms with van der Waals surface area (Å²) < 4.78 is 26.2. The summed E-state index contributed by atoms with van der Waals surface area (Å²) in [6, 6.07) is 3.25. The van der Waals surface area contributed by atoms with E-state index >= 15 is 0 Å². The quantitative estimate of drug-likeness (QED) is 0.716. The summed E-state index contributed by atoms with van der Waals surface area (Å²) in [5.41, 5.74) is 1.06. The molecule has 2 aromatic heterocycles. The Labute approximate surface area is 161 Å². The highest BCUT2D eigenvalue weighted by Gasteiger charge is 2.27. The fraction of sp³-hybridized carbons (Fsp3) is 0.500. The van der Waals surface area contributed by atoms with Crippen LogP contribution >= 0.6 is 22.7 Å². The lowest BCUT2D eigenvalue weighted by molar-refractivity contribution is -0.133. The number of hydrogen-bond donors (Lipinski definition) is 0. The summed E-state index contributed by atoms with van der Waals surface area (Å²) in [5.74, 6) is -0.156. The molecule has 142 valence electrons. The van der Waals surface area contributed by atoms with Crippen LogP contribution in [0.4, 0.5) is 0 Å². The Hall–Kier alpha value is -1.33. The number of aromatic nitrogens is 1. The molecule has 1 aliphatic heterocycles. The van der Waals surface area contributed by atoms with Crippen LogP contribution in [0, 0.1) is 6.92 Å². The minimum absolute atomic E-state index is 0.133. The summed E-state index contributed by atoms with van der Waals surface area (Å²) in [6.07, 6.45) is 0. The number of carbonyl (C=O) groups excluding carboxylic acids is 1. The molecule has 0 spiro atoms. The van der Waals surface area contributed by atoms with Gasteiger partial charge < -0.3 is 4.90 Å². The molecule has 3 heterocycles. The number of carbonyl (C=O) groups is 1. The van der Waals surface area contributed by atoms with Crippen molar-refractivity contribution in [1.29, 1.82) is 0 Å². The van der Waals surface area contributed by atoms with Crippen LogP contribution in [0.25, 0.3) is 0 Å². The predicted molar refractivity (Wildman–Crippen MR) is 103 cm³/mol. The van der Waals surface area contributed by atoms with E-state index in [2.05, 4.69) is 15.3 Å². The van der Waals surface area contributed by atoms with E-state index in [1.807, 2.05) is 6.92 Å². The first-order valence-corrected chi connectivity index (χ1v) is 11.5. The van der Waals surface area contributed by atoms with Crippen molar-refractivity contribution in [2.75, 3.05) is 39.8 Å². The smallest absolute Gasteiger partial charge is 0.252 e. The molecular formula is C16H22N4O3S3. The van der Waals surface area contributed by atoms with Crippen molar-refractivity contribution < 1.29 is 13.2 Å².